The van der Waals surface area contributed by atoms with Gasteiger partial charge in [0, 0.05) is 18.1 Å². The van der Waals surface area contributed by atoms with Gasteiger partial charge in [0.15, 0.2) is 0 Å². The highest BCUT2D eigenvalue weighted by molar-refractivity contribution is 6.53. The average Bonchev–Trinajstić information content (AvgIpc) is 3.00. The lowest BCUT2D eigenvalue weighted by molar-refractivity contribution is -0.120. The third-order valence-electron chi connectivity index (χ3n) is 4.32. The maximum atomic E-state index is 12.5. The standard InChI is InChI=1S/C15H17Cl3N2O2/c1-14(9-15(14,17)18)13(21)19-11-8-10(16)2-3-12(11)20-4-6-22-7-5-20/h2-3,8H,4-7,9H2,1H3,(H,19,21)/t14-/m1/s1. The lowest BCUT2D eigenvalue weighted by Gasteiger charge is -2.31. The summed E-state index contributed by atoms with van der Waals surface area (Å²) in [4.78, 5) is 14.7. The van der Waals surface area contributed by atoms with Gasteiger partial charge >= 0.3 is 0 Å². The summed E-state index contributed by atoms with van der Waals surface area (Å²) in [5.74, 6) is -0.186. The van der Waals surface area contributed by atoms with Gasteiger partial charge in [-0.3, -0.25) is 4.79 Å². The lowest BCUT2D eigenvalue weighted by atomic mass is 10.1. The van der Waals surface area contributed by atoms with E-state index in [4.69, 9.17) is 39.5 Å². The molecule has 1 aromatic rings. The van der Waals surface area contributed by atoms with Crippen molar-refractivity contribution in [2.45, 2.75) is 17.7 Å². The van der Waals surface area contributed by atoms with Crippen LogP contribution in [0.5, 0.6) is 0 Å². The number of benzene rings is 1. The maximum Gasteiger partial charge on any atom is 0.233 e. The minimum atomic E-state index is -0.991. The fourth-order valence-electron chi connectivity index (χ4n) is 2.59. The van der Waals surface area contributed by atoms with Gasteiger partial charge in [0.25, 0.3) is 0 Å². The van der Waals surface area contributed by atoms with Gasteiger partial charge in [-0.2, -0.15) is 0 Å². The van der Waals surface area contributed by atoms with Crippen molar-refractivity contribution in [2.24, 2.45) is 5.41 Å². The van der Waals surface area contributed by atoms with Gasteiger partial charge in [0.1, 0.15) is 4.33 Å². The number of amides is 1. The number of rotatable bonds is 3. The molecule has 0 aromatic heterocycles. The van der Waals surface area contributed by atoms with Gasteiger partial charge in [0.2, 0.25) is 5.91 Å². The van der Waals surface area contributed by atoms with Crippen molar-refractivity contribution < 1.29 is 9.53 Å². The SMILES string of the molecule is C[C@]1(C(=O)Nc2cc(Cl)ccc2N2CCOCC2)CC1(Cl)Cl. The molecule has 3 rings (SSSR count). The van der Waals surface area contributed by atoms with Gasteiger partial charge in [-0.15, -0.1) is 23.2 Å². The van der Waals surface area contributed by atoms with E-state index in [-0.39, 0.29) is 5.91 Å². The van der Waals surface area contributed by atoms with Gasteiger partial charge in [-0.05, 0) is 31.5 Å². The van der Waals surface area contributed by atoms with Gasteiger partial charge in [-0.1, -0.05) is 11.6 Å². The number of anilines is 2. The van der Waals surface area contributed by atoms with E-state index in [1.165, 1.54) is 0 Å². The predicted octanol–water partition coefficient (Wildman–Crippen LogP) is 3.70. The molecule has 1 aromatic carbocycles. The molecule has 120 valence electrons. The Morgan fingerprint density at radius 3 is 2.55 bits per heavy atom. The second kappa shape index (κ2) is 5.75. The van der Waals surface area contributed by atoms with E-state index < -0.39 is 9.75 Å². The molecule has 1 atom stereocenters. The molecular weight excluding hydrogens is 347 g/mol. The second-order valence-corrected chi connectivity index (χ2v) is 7.85. The highest BCUT2D eigenvalue weighted by atomic mass is 35.5. The normalized spacial score (nSPS) is 26.6. The molecule has 1 aliphatic carbocycles. The Kier molecular flexibility index (Phi) is 4.23. The summed E-state index contributed by atoms with van der Waals surface area (Å²) in [5.41, 5.74) is 0.845. The molecule has 1 amide bonds. The quantitative estimate of drug-likeness (QED) is 0.833. The minimum absolute atomic E-state index is 0.186. The molecule has 1 N–H and O–H groups in total. The Balaban J connectivity index is 1.83. The molecule has 4 nitrogen and oxygen atoms in total. The first kappa shape index (κ1) is 16.2. The number of halogens is 3. The summed E-state index contributed by atoms with van der Waals surface area (Å²) in [6, 6.07) is 5.47. The first-order chi connectivity index (χ1) is 10.3. The zero-order valence-corrected chi connectivity index (χ0v) is 14.4. The van der Waals surface area contributed by atoms with Crippen LogP contribution in [0.4, 0.5) is 11.4 Å². The van der Waals surface area contributed by atoms with Gasteiger partial charge < -0.3 is 15.0 Å². The van der Waals surface area contributed by atoms with Crippen LogP contribution in [0.2, 0.25) is 5.02 Å². The predicted molar refractivity (Wildman–Crippen MR) is 90.3 cm³/mol. The van der Waals surface area contributed by atoms with Crippen LogP contribution >= 0.6 is 34.8 Å². The molecule has 7 heteroatoms. The molecule has 1 heterocycles. The Morgan fingerprint density at radius 1 is 1.32 bits per heavy atom. The smallest absolute Gasteiger partial charge is 0.233 e. The third-order valence-corrected chi connectivity index (χ3v) is 5.65. The number of hydrogen-bond donors (Lipinski definition) is 1. The average molecular weight is 364 g/mol. The molecule has 2 fully saturated rings. The highest BCUT2D eigenvalue weighted by Gasteiger charge is 2.67. The zero-order valence-electron chi connectivity index (χ0n) is 12.2. The van der Waals surface area contributed by atoms with Gasteiger partial charge in [0.05, 0.1) is 30.0 Å². The van der Waals surface area contributed by atoms with E-state index in [1.54, 1.807) is 13.0 Å². The van der Waals surface area contributed by atoms with Gasteiger partial charge in [-0.25, -0.2) is 0 Å². The van der Waals surface area contributed by atoms with Crippen molar-refractivity contribution in [3.8, 4) is 0 Å². The van der Waals surface area contributed by atoms with Crippen LogP contribution < -0.4 is 10.2 Å². The molecule has 1 saturated carbocycles. The summed E-state index contributed by atoms with van der Waals surface area (Å²) in [7, 11) is 0. The number of morpholine rings is 1. The highest BCUT2D eigenvalue weighted by Crippen LogP contribution is 2.64. The fraction of sp³-hybridized carbons (Fsp3) is 0.533. The third kappa shape index (κ3) is 2.90. The molecule has 0 bridgehead atoms. The number of nitrogens with one attached hydrogen (secondary N) is 1. The number of alkyl halides is 2. The van der Waals surface area contributed by atoms with Crippen LogP contribution in [-0.4, -0.2) is 36.5 Å². The number of ether oxygens (including phenoxy) is 1. The van der Waals surface area contributed by atoms with Crippen LogP contribution in [0, 0.1) is 5.41 Å². The number of carbonyl (C=O) groups is 1. The monoisotopic (exact) mass is 362 g/mol. The van der Waals surface area contributed by atoms with E-state index in [0.29, 0.717) is 30.3 Å². The van der Waals surface area contributed by atoms with E-state index >= 15 is 0 Å². The molecular formula is C15H17Cl3N2O2. The van der Waals surface area contributed by atoms with Crippen LogP contribution in [0.15, 0.2) is 18.2 Å². The molecule has 1 aliphatic heterocycles. The lowest BCUT2D eigenvalue weighted by Crippen LogP contribution is -2.37. The van der Waals surface area contributed by atoms with Crippen molar-refractivity contribution >= 4 is 52.1 Å². The Hall–Kier alpha value is -0.680. The summed E-state index contributed by atoms with van der Waals surface area (Å²) < 4.78 is 4.38. The Labute approximate surface area is 144 Å². The topological polar surface area (TPSA) is 41.6 Å². The van der Waals surface area contributed by atoms with E-state index in [0.717, 1.165) is 18.8 Å². The molecule has 2 aliphatic rings. The zero-order chi connectivity index (χ0) is 16.0. The molecule has 0 spiro atoms. The van der Waals surface area contributed by atoms with Crippen molar-refractivity contribution in [1.29, 1.82) is 0 Å². The second-order valence-electron chi connectivity index (χ2n) is 5.93. The first-order valence-electron chi connectivity index (χ1n) is 7.15. The summed E-state index contributed by atoms with van der Waals surface area (Å²) >= 11 is 18.2. The number of carbonyl (C=O) groups excluding carboxylic acids is 1. The van der Waals surface area contributed by atoms with Crippen molar-refractivity contribution in [3.63, 3.8) is 0 Å². The van der Waals surface area contributed by atoms with Crippen LogP contribution in [0.1, 0.15) is 13.3 Å². The Bertz CT molecular complexity index is 602. The fourth-order valence-corrected chi connectivity index (χ4v) is 3.47. The largest absolute Gasteiger partial charge is 0.378 e. The van der Waals surface area contributed by atoms with Crippen molar-refractivity contribution in [2.75, 3.05) is 36.5 Å². The van der Waals surface area contributed by atoms with Crippen molar-refractivity contribution in [3.05, 3.63) is 23.2 Å². The van der Waals surface area contributed by atoms with E-state index in [9.17, 15) is 4.79 Å². The van der Waals surface area contributed by atoms with E-state index in [2.05, 4.69) is 10.2 Å². The first-order valence-corrected chi connectivity index (χ1v) is 8.28. The molecule has 0 unspecified atom stereocenters. The van der Waals surface area contributed by atoms with Crippen molar-refractivity contribution in [1.82, 2.24) is 0 Å². The summed E-state index contributed by atoms with van der Waals surface area (Å²) in [6.07, 6.45) is 0.447. The Morgan fingerprint density at radius 2 is 1.95 bits per heavy atom. The van der Waals surface area contributed by atoms with E-state index in [1.807, 2.05) is 12.1 Å². The van der Waals surface area contributed by atoms with Crippen LogP contribution in [0.3, 0.4) is 0 Å². The molecule has 0 radical (unpaired) electrons. The molecule has 22 heavy (non-hydrogen) atoms. The molecule has 1 saturated heterocycles. The number of nitrogens with zero attached hydrogens (tertiary/aromatic N) is 1. The minimum Gasteiger partial charge on any atom is -0.378 e. The summed E-state index contributed by atoms with van der Waals surface area (Å²) in [5, 5.41) is 3.50. The number of hydrogen-bond acceptors (Lipinski definition) is 3. The van der Waals surface area contributed by atoms with Crippen LogP contribution in [-0.2, 0) is 9.53 Å². The summed E-state index contributed by atoms with van der Waals surface area (Å²) in [6.45, 7) is 4.65. The maximum absolute atomic E-state index is 12.5. The van der Waals surface area contributed by atoms with Crippen LogP contribution in [0.25, 0.3) is 0 Å².